The second kappa shape index (κ2) is 12.0. The maximum atomic E-state index is 5.95. The van der Waals surface area contributed by atoms with Gasteiger partial charge in [-0.1, -0.05) is 20.3 Å². The van der Waals surface area contributed by atoms with Crippen LogP contribution in [0.15, 0.2) is 47.9 Å². The number of aliphatic imine (C=N–C) groups is 1. The van der Waals surface area contributed by atoms with Crippen molar-refractivity contribution in [3.8, 4) is 0 Å². The molecule has 0 radical (unpaired) electrons. The highest BCUT2D eigenvalue weighted by Crippen LogP contribution is 2.23. The van der Waals surface area contributed by atoms with E-state index in [1.807, 2.05) is 36.7 Å². The molecular formula is C28H38N8. The van der Waals surface area contributed by atoms with Crippen molar-refractivity contribution in [3.05, 3.63) is 54.0 Å². The fourth-order valence-corrected chi connectivity index (χ4v) is 4.76. The molecule has 0 saturated carbocycles. The van der Waals surface area contributed by atoms with Crippen molar-refractivity contribution in [2.75, 3.05) is 18.4 Å². The molecule has 3 aromatic rings. The summed E-state index contributed by atoms with van der Waals surface area (Å²) in [5, 5.41) is 11.5. The predicted octanol–water partition coefficient (Wildman–Crippen LogP) is 5.31. The molecule has 1 fully saturated rings. The summed E-state index contributed by atoms with van der Waals surface area (Å²) in [7, 11) is 0. The molecule has 3 aromatic heterocycles. The van der Waals surface area contributed by atoms with Gasteiger partial charge in [-0.15, -0.1) is 5.10 Å². The maximum absolute atomic E-state index is 5.95. The molecule has 0 spiro atoms. The molecule has 4 rings (SSSR count). The normalized spacial score (nSPS) is 19.4. The van der Waals surface area contributed by atoms with Crippen molar-refractivity contribution >= 4 is 34.5 Å². The minimum Gasteiger partial charge on any atom is -0.404 e. The second-order valence-corrected chi connectivity index (χ2v) is 9.99. The molecule has 1 aliphatic rings. The van der Waals surface area contributed by atoms with Crippen molar-refractivity contribution in [2.45, 2.75) is 71.4 Å². The van der Waals surface area contributed by atoms with E-state index in [-0.39, 0.29) is 0 Å². The number of rotatable bonds is 9. The van der Waals surface area contributed by atoms with Gasteiger partial charge in [0, 0.05) is 54.9 Å². The van der Waals surface area contributed by atoms with E-state index in [9.17, 15) is 0 Å². The molecule has 1 saturated heterocycles. The van der Waals surface area contributed by atoms with Crippen LogP contribution >= 0.6 is 0 Å². The van der Waals surface area contributed by atoms with Gasteiger partial charge in [-0.25, -0.2) is 4.98 Å². The number of pyridine rings is 2. The van der Waals surface area contributed by atoms with Gasteiger partial charge in [-0.05, 0) is 68.9 Å². The molecule has 190 valence electrons. The average Bonchev–Trinajstić information content (AvgIpc) is 2.87. The number of nitrogens with zero attached hydrogens (tertiary/aromatic N) is 6. The molecule has 36 heavy (non-hydrogen) atoms. The van der Waals surface area contributed by atoms with Crippen LogP contribution in [0.25, 0.3) is 16.6 Å². The number of hydrogen-bond acceptors (Lipinski definition) is 8. The Morgan fingerprint density at radius 1 is 1.14 bits per heavy atom. The topological polar surface area (TPSA) is 105 Å². The van der Waals surface area contributed by atoms with Crippen LogP contribution in [0.2, 0.25) is 0 Å². The van der Waals surface area contributed by atoms with Crippen LogP contribution < -0.4 is 11.1 Å². The predicted molar refractivity (Wildman–Crippen MR) is 149 cm³/mol. The zero-order chi connectivity index (χ0) is 25.5. The lowest BCUT2D eigenvalue weighted by Gasteiger charge is -2.38. The van der Waals surface area contributed by atoms with Crippen LogP contribution in [0.3, 0.4) is 0 Å². The van der Waals surface area contributed by atoms with Crippen LogP contribution in [0, 0.1) is 0 Å². The monoisotopic (exact) mass is 486 g/mol. The fraction of sp³-hybridized carbons (Fsp3) is 0.464. The Kier molecular flexibility index (Phi) is 8.59. The van der Waals surface area contributed by atoms with E-state index in [0.29, 0.717) is 29.6 Å². The molecule has 0 aromatic carbocycles. The SMILES string of the molecule is CC(C)c1cnnc(Nc2ccc3ncc(C(C=NCCCN4[C@H](C)CCC[C@@H]4C)=CN)cc3n2)c1. The molecule has 0 aliphatic carbocycles. The lowest BCUT2D eigenvalue weighted by atomic mass is 9.97. The first-order valence-electron chi connectivity index (χ1n) is 13.0. The van der Waals surface area contributed by atoms with Crippen molar-refractivity contribution in [1.82, 2.24) is 25.1 Å². The van der Waals surface area contributed by atoms with Crippen molar-refractivity contribution < 1.29 is 0 Å². The lowest BCUT2D eigenvalue weighted by Crippen LogP contribution is -2.44. The van der Waals surface area contributed by atoms with Gasteiger partial charge in [-0.3, -0.25) is 14.9 Å². The number of likely N-dealkylation sites (tertiary alicyclic amines) is 1. The van der Waals surface area contributed by atoms with E-state index in [1.54, 1.807) is 12.4 Å². The zero-order valence-electron chi connectivity index (χ0n) is 21.9. The minimum atomic E-state index is 0.373. The van der Waals surface area contributed by atoms with Crippen LogP contribution in [0.1, 0.15) is 70.4 Å². The third-order valence-corrected chi connectivity index (χ3v) is 6.96. The average molecular weight is 487 g/mol. The van der Waals surface area contributed by atoms with Crippen LogP contribution in [0.5, 0.6) is 0 Å². The number of anilines is 2. The number of aromatic nitrogens is 4. The summed E-state index contributed by atoms with van der Waals surface area (Å²) in [5.41, 5.74) is 10.4. The van der Waals surface area contributed by atoms with E-state index in [4.69, 9.17) is 10.7 Å². The third kappa shape index (κ3) is 6.43. The van der Waals surface area contributed by atoms with Crippen LogP contribution in [0.4, 0.5) is 11.6 Å². The number of allylic oxidation sites excluding steroid dienone is 1. The Morgan fingerprint density at radius 2 is 1.94 bits per heavy atom. The molecule has 4 heterocycles. The zero-order valence-corrected chi connectivity index (χ0v) is 21.9. The Morgan fingerprint density at radius 3 is 2.69 bits per heavy atom. The molecular weight excluding hydrogens is 448 g/mol. The summed E-state index contributed by atoms with van der Waals surface area (Å²) < 4.78 is 0. The van der Waals surface area contributed by atoms with Crippen LogP contribution in [-0.2, 0) is 0 Å². The summed E-state index contributed by atoms with van der Waals surface area (Å²) in [6.07, 6.45) is 12.0. The van der Waals surface area contributed by atoms with Crippen LogP contribution in [-0.4, -0.2) is 56.5 Å². The quantitative estimate of drug-likeness (QED) is 0.312. The molecule has 3 N–H and O–H groups in total. The van der Waals surface area contributed by atoms with Gasteiger partial charge in [0.05, 0.1) is 17.2 Å². The molecule has 0 bridgehead atoms. The third-order valence-electron chi connectivity index (χ3n) is 6.96. The Balaban J connectivity index is 1.41. The standard InChI is InChI=1S/C28H38N8/c1-19(2)22-14-28(35-32-18-22)34-27-10-9-25-26(33-27)13-23(17-31-25)24(15-29)16-30-11-6-12-36-20(3)7-5-8-21(36)4/h9-10,13-21H,5-8,11-12,29H2,1-4H3,(H,33,34,35)/t20-,21+. The van der Waals surface area contributed by atoms with Gasteiger partial charge in [0.15, 0.2) is 5.82 Å². The Hall–Kier alpha value is -3.39. The molecule has 8 heteroatoms. The smallest absolute Gasteiger partial charge is 0.154 e. The fourth-order valence-electron chi connectivity index (χ4n) is 4.76. The van der Waals surface area contributed by atoms with Gasteiger partial charge < -0.3 is 11.1 Å². The number of fused-ring (bicyclic) bond motifs is 1. The number of piperidine rings is 1. The summed E-state index contributed by atoms with van der Waals surface area (Å²) in [5.74, 6) is 1.72. The van der Waals surface area contributed by atoms with E-state index in [0.717, 1.165) is 47.2 Å². The molecule has 8 nitrogen and oxygen atoms in total. The largest absolute Gasteiger partial charge is 0.404 e. The van der Waals surface area contributed by atoms with Gasteiger partial charge in [-0.2, -0.15) is 5.10 Å². The highest BCUT2D eigenvalue weighted by atomic mass is 15.2. The minimum absolute atomic E-state index is 0.373. The van der Waals surface area contributed by atoms with Crippen molar-refractivity contribution in [2.24, 2.45) is 10.7 Å². The van der Waals surface area contributed by atoms with Crippen molar-refractivity contribution in [1.29, 1.82) is 0 Å². The maximum Gasteiger partial charge on any atom is 0.154 e. The molecule has 0 unspecified atom stereocenters. The van der Waals surface area contributed by atoms with Gasteiger partial charge >= 0.3 is 0 Å². The van der Waals surface area contributed by atoms with Gasteiger partial charge in [0.2, 0.25) is 0 Å². The highest BCUT2D eigenvalue weighted by molar-refractivity contribution is 6.10. The number of hydrogen-bond donors (Lipinski definition) is 2. The summed E-state index contributed by atoms with van der Waals surface area (Å²) in [6.45, 7) is 10.8. The number of nitrogens with one attached hydrogen (secondary N) is 1. The lowest BCUT2D eigenvalue weighted by molar-refractivity contribution is 0.103. The van der Waals surface area contributed by atoms with Gasteiger partial charge in [0.1, 0.15) is 5.82 Å². The van der Waals surface area contributed by atoms with Crippen molar-refractivity contribution in [3.63, 3.8) is 0 Å². The summed E-state index contributed by atoms with van der Waals surface area (Å²) >= 11 is 0. The molecule has 1 aliphatic heterocycles. The second-order valence-electron chi connectivity index (χ2n) is 9.99. The van der Waals surface area contributed by atoms with E-state index in [1.165, 1.54) is 19.3 Å². The van der Waals surface area contributed by atoms with E-state index < -0.39 is 0 Å². The first-order valence-corrected chi connectivity index (χ1v) is 13.0. The first kappa shape index (κ1) is 25.7. The highest BCUT2D eigenvalue weighted by Gasteiger charge is 2.23. The molecule has 2 atom stereocenters. The Labute approximate surface area is 214 Å². The van der Waals surface area contributed by atoms with Gasteiger partial charge in [0.25, 0.3) is 0 Å². The summed E-state index contributed by atoms with van der Waals surface area (Å²) in [4.78, 5) is 16.6. The summed E-state index contributed by atoms with van der Waals surface area (Å²) in [6, 6.07) is 9.15. The Bertz CT molecular complexity index is 1210. The molecule has 0 amide bonds. The first-order chi connectivity index (χ1) is 17.4. The van der Waals surface area contributed by atoms with E-state index in [2.05, 4.69) is 58.1 Å². The van der Waals surface area contributed by atoms with E-state index >= 15 is 0 Å². The number of nitrogens with two attached hydrogens (primary N) is 1.